The number of nitro groups is 1. The lowest BCUT2D eigenvalue weighted by Gasteiger charge is -2.24. The average Bonchev–Trinajstić information content (AvgIpc) is 2.73. The zero-order valence-corrected chi connectivity index (χ0v) is 16.0. The second-order valence-electron chi connectivity index (χ2n) is 6.24. The van der Waals surface area contributed by atoms with Crippen LogP contribution in [-0.4, -0.2) is 42.7 Å². The summed E-state index contributed by atoms with van der Waals surface area (Å²) in [4.78, 5) is 37.5. The van der Waals surface area contributed by atoms with Crippen LogP contribution in [0.2, 0.25) is 0 Å². The largest absolute Gasteiger partial charge is 0.486 e. The van der Waals surface area contributed by atoms with Crippen LogP contribution in [0.1, 0.15) is 24.2 Å². The molecule has 152 valence electrons. The quantitative estimate of drug-likeness (QED) is 0.417. The fourth-order valence-corrected chi connectivity index (χ4v) is 2.96. The van der Waals surface area contributed by atoms with Gasteiger partial charge in [-0.1, -0.05) is 18.2 Å². The maximum atomic E-state index is 12.8. The van der Waals surface area contributed by atoms with Gasteiger partial charge < -0.3 is 19.1 Å². The molecule has 9 heteroatoms. The van der Waals surface area contributed by atoms with E-state index in [1.165, 1.54) is 17.9 Å². The van der Waals surface area contributed by atoms with Crippen molar-refractivity contribution in [2.75, 3.05) is 24.7 Å². The van der Waals surface area contributed by atoms with E-state index in [9.17, 15) is 19.7 Å². The third-order valence-corrected chi connectivity index (χ3v) is 4.36. The molecule has 1 amide bonds. The molecule has 0 fully saturated rings. The summed E-state index contributed by atoms with van der Waals surface area (Å²) in [5.74, 6) is -1.03. The Morgan fingerprint density at radius 1 is 1.17 bits per heavy atom. The van der Waals surface area contributed by atoms with Gasteiger partial charge in [0.25, 0.3) is 11.6 Å². The number of amides is 1. The maximum Gasteiger partial charge on any atom is 0.346 e. The highest BCUT2D eigenvalue weighted by molar-refractivity contribution is 6.00. The summed E-state index contributed by atoms with van der Waals surface area (Å²) in [5, 5.41) is 11.4. The molecular weight excluding hydrogens is 380 g/mol. The fourth-order valence-electron chi connectivity index (χ4n) is 2.96. The number of rotatable bonds is 6. The minimum Gasteiger partial charge on any atom is -0.486 e. The van der Waals surface area contributed by atoms with E-state index in [0.717, 1.165) is 6.07 Å². The van der Waals surface area contributed by atoms with Crippen LogP contribution in [0.15, 0.2) is 42.5 Å². The molecule has 29 heavy (non-hydrogen) atoms. The maximum absolute atomic E-state index is 12.8. The van der Waals surface area contributed by atoms with Crippen molar-refractivity contribution < 1.29 is 28.7 Å². The normalized spacial score (nSPS) is 13.3. The first-order valence-electron chi connectivity index (χ1n) is 9.07. The molecule has 0 N–H and O–H groups in total. The third kappa shape index (κ3) is 4.29. The molecule has 0 bridgehead atoms. The number of benzene rings is 2. The molecule has 0 aliphatic carbocycles. The fraction of sp³-hybridized carbons (Fsp3) is 0.300. The van der Waals surface area contributed by atoms with Crippen molar-refractivity contribution in [1.29, 1.82) is 0 Å². The van der Waals surface area contributed by atoms with Gasteiger partial charge in [0.1, 0.15) is 18.8 Å². The second kappa shape index (κ2) is 8.59. The van der Waals surface area contributed by atoms with Gasteiger partial charge in [0.2, 0.25) is 0 Å². The monoisotopic (exact) mass is 400 g/mol. The summed E-state index contributed by atoms with van der Waals surface area (Å²) in [6.45, 7) is 4.11. The van der Waals surface area contributed by atoms with Gasteiger partial charge in [0.05, 0.1) is 11.0 Å². The Morgan fingerprint density at radius 2 is 1.79 bits per heavy atom. The SMILES string of the molecule is CCN(C(=O)[C@H](C)OC(=O)c1cc2c(cc1[N+](=O)[O-])OCCO2)c1ccccc1. The lowest BCUT2D eigenvalue weighted by Crippen LogP contribution is -2.40. The number of carbonyl (C=O) groups is 2. The lowest BCUT2D eigenvalue weighted by molar-refractivity contribution is -0.385. The molecule has 0 aromatic heterocycles. The highest BCUT2D eigenvalue weighted by atomic mass is 16.6. The number of likely N-dealkylation sites (N-methyl/N-ethyl adjacent to an activating group) is 1. The van der Waals surface area contributed by atoms with E-state index >= 15 is 0 Å². The number of fused-ring (bicyclic) bond motifs is 1. The molecule has 0 radical (unpaired) electrons. The van der Waals surface area contributed by atoms with Gasteiger partial charge in [0.15, 0.2) is 17.6 Å². The van der Waals surface area contributed by atoms with E-state index in [4.69, 9.17) is 14.2 Å². The molecule has 0 saturated heterocycles. The number of carbonyl (C=O) groups excluding carboxylic acids is 2. The molecule has 1 atom stereocenters. The third-order valence-electron chi connectivity index (χ3n) is 4.36. The minimum atomic E-state index is -1.14. The Kier molecular flexibility index (Phi) is 5.96. The number of para-hydroxylation sites is 1. The average molecular weight is 400 g/mol. The summed E-state index contributed by atoms with van der Waals surface area (Å²) >= 11 is 0. The van der Waals surface area contributed by atoms with Crippen LogP contribution < -0.4 is 14.4 Å². The molecule has 3 rings (SSSR count). The van der Waals surface area contributed by atoms with Crippen molar-refractivity contribution in [2.45, 2.75) is 20.0 Å². The number of anilines is 1. The smallest absolute Gasteiger partial charge is 0.346 e. The van der Waals surface area contributed by atoms with Crippen LogP contribution in [0.3, 0.4) is 0 Å². The number of hydrogen-bond acceptors (Lipinski definition) is 7. The van der Waals surface area contributed by atoms with Crippen LogP contribution in [0.5, 0.6) is 11.5 Å². The summed E-state index contributed by atoms with van der Waals surface area (Å²) in [6, 6.07) is 11.3. The second-order valence-corrected chi connectivity index (χ2v) is 6.24. The molecule has 2 aromatic rings. The first kappa shape index (κ1) is 20.1. The van der Waals surface area contributed by atoms with Crippen LogP contribution in [0.4, 0.5) is 11.4 Å². The van der Waals surface area contributed by atoms with E-state index in [1.807, 2.05) is 6.07 Å². The first-order chi connectivity index (χ1) is 13.9. The highest BCUT2D eigenvalue weighted by Gasteiger charge is 2.30. The summed E-state index contributed by atoms with van der Waals surface area (Å²) < 4.78 is 16.0. The molecule has 1 heterocycles. The van der Waals surface area contributed by atoms with E-state index in [-0.39, 0.29) is 30.3 Å². The van der Waals surface area contributed by atoms with Gasteiger partial charge in [-0.3, -0.25) is 14.9 Å². The minimum absolute atomic E-state index is 0.185. The molecule has 2 aromatic carbocycles. The van der Waals surface area contributed by atoms with Gasteiger partial charge in [-0.05, 0) is 26.0 Å². The summed E-state index contributed by atoms with van der Waals surface area (Å²) in [5.41, 5.74) is -0.121. The summed E-state index contributed by atoms with van der Waals surface area (Å²) in [6.07, 6.45) is -1.14. The van der Waals surface area contributed by atoms with Crippen LogP contribution in [0.25, 0.3) is 0 Å². The molecular formula is C20H20N2O7. The number of nitro benzene ring substituents is 1. The molecule has 1 aliphatic rings. The Hall–Kier alpha value is -3.62. The van der Waals surface area contributed by atoms with Crippen molar-refractivity contribution in [3.63, 3.8) is 0 Å². The van der Waals surface area contributed by atoms with E-state index in [2.05, 4.69) is 0 Å². The standard InChI is InChI=1S/C20H20N2O7/c1-3-21(14-7-5-4-6-8-14)19(23)13(2)29-20(24)15-11-17-18(28-10-9-27-17)12-16(15)22(25)26/h4-8,11-13H,3,9-10H2,1-2H3/t13-/m0/s1. The van der Waals surface area contributed by atoms with Crippen LogP contribution in [0, 0.1) is 10.1 Å². The van der Waals surface area contributed by atoms with Gasteiger partial charge in [0, 0.05) is 18.3 Å². The molecule has 0 saturated carbocycles. The number of esters is 1. The number of ether oxygens (including phenoxy) is 3. The molecule has 0 unspecified atom stereocenters. The molecule has 1 aliphatic heterocycles. The van der Waals surface area contributed by atoms with Crippen molar-refractivity contribution in [3.05, 3.63) is 58.1 Å². The Labute approximate surface area is 166 Å². The highest BCUT2D eigenvalue weighted by Crippen LogP contribution is 2.37. The van der Waals surface area contributed by atoms with Gasteiger partial charge >= 0.3 is 5.97 Å². The van der Waals surface area contributed by atoms with Crippen molar-refractivity contribution in [2.24, 2.45) is 0 Å². The first-order valence-corrected chi connectivity index (χ1v) is 9.07. The molecule has 9 nitrogen and oxygen atoms in total. The summed E-state index contributed by atoms with van der Waals surface area (Å²) in [7, 11) is 0. The van der Waals surface area contributed by atoms with Gasteiger partial charge in [-0.25, -0.2) is 4.79 Å². The Balaban J connectivity index is 1.82. The molecule has 0 spiro atoms. The topological polar surface area (TPSA) is 108 Å². The van der Waals surface area contributed by atoms with Crippen LogP contribution in [-0.2, 0) is 9.53 Å². The Bertz CT molecular complexity index is 930. The van der Waals surface area contributed by atoms with E-state index < -0.39 is 28.6 Å². The van der Waals surface area contributed by atoms with Crippen molar-refractivity contribution in [3.8, 4) is 11.5 Å². The predicted molar refractivity (Wildman–Crippen MR) is 103 cm³/mol. The zero-order valence-electron chi connectivity index (χ0n) is 16.0. The van der Waals surface area contributed by atoms with Crippen molar-refractivity contribution in [1.82, 2.24) is 0 Å². The van der Waals surface area contributed by atoms with Gasteiger partial charge in [-0.15, -0.1) is 0 Å². The zero-order chi connectivity index (χ0) is 21.0. The van der Waals surface area contributed by atoms with Gasteiger partial charge in [-0.2, -0.15) is 0 Å². The Morgan fingerprint density at radius 3 is 2.38 bits per heavy atom. The van der Waals surface area contributed by atoms with E-state index in [0.29, 0.717) is 12.2 Å². The number of hydrogen-bond donors (Lipinski definition) is 0. The van der Waals surface area contributed by atoms with Crippen molar-refractivity contribution >= 4 is 23.3 Å². The van der Waals surface area contributed by atoms with E-state index in [1.54, 1.807) is 31.2 Å². The lowest BCUT2D eigenvalue weighted by atomic mass is 10.1. The predicted octanol–water partition coefficient (Wildman–Crippen LogP) is 2.96. The number of nitrogens with zero attached hydrogens (tertiary/aromatic N) is 2. The van der Waals surface area contributed by atoms with Crippen LogP contribution >= 0.6 is 0 Å².